The minimum absolute atomic E-state index is 0.0863. The molecule has 1 unspecified atom stereocenters. The first kappa shape index (κ1) is 14.0. The summed E-state index contributed by atoms with van der Waals surface area (Å²) in [6, 6.07) is 0.193. The standard InChI is InChI=1S/C12H20ClN3O/c1-6-16-11(17)10(13)9(7-14-16)15-8(2)12(3,4)5/h7-8,15H,6H2,1-5H3. The fourth-order valence-electron chi connectivity index (χ4n) is 1.24. The van der Waals surface area contributed by atoms with Gasteiger partial charge in [-0.3, -0.25) is 4.79 Å². The van der Waals surface area contributed by atoms with Gasteiger partial charge >= 0.3 is 0 Å². The van der Waals surface area contributed by atoms with Gasteiger partial charge in [0.15, 0.2) is 0 Å². The van der Waals surface area contributed by atoms with Crippen LogP contribution in [-0.4, -0.2) is 15.8 Å². The van der Waals surface area contributed by atoms with Crippen molar-refractivity contribution in [1.82, 2.24) is 9.78 Å². The third-order valence-electron chi connectivity index (χ3n) is 2.96. The van der Waals surface area contributed by atoms with Crippen molar-refractivity contribution in [3.8, 4) is 0 Å². The molecule has 1 rings (SSSR count). The van der Waals surface area contributed by atoms with E-state index < -0.39 is 0 Å². The molecule has 17 heavy (non-hydrogen) atoms. The molecule has 0 aliphatic heterocycles. The molecule has 1 atom stereocenters. The molecular weight excluding hydrogens is 238 g/mol. The first-order valence-electron chi connectivity index (χ1n) is 5.79. The molecule has 0 bridgehead atoms. The normalized spacial score (nSPS) is 13.5. The molecule has 0 aliphatic carbocycles. The maximum Gasteiger partial charge on any atom is 0.287 e. The molecule has 1 heterocycles. The van der Waals surface area contributed by atoms with Crippen molar-refractivity contribution in [1.29, 1.82) is 0 Å². The molecule has 1 N–H and O–H groups in total. The van der Waals surface area contributed by atoms with Gasteiger partial charge in [-0.25, -0.2) is 4.68 Å². The van der Waals surface area contributed by atoms with E-state index in [0.29, 0.717) is 12.2 Å². The molecule has 5 heteroatoms. The molecule has 0 saturated heterocycles. The van der Waals surface area contributed by atoms with Gasteiger partial charge in [0.2, 0.25) is 0 Å². The minimum Gasteiger partial charge on any atom is -0.379 e. The number of aryl methyl sites for hydroxylation is 1. The van der Waals surface area contributed by atoms with E-state index in [1.807, 2.05) is 6.92 Å². The van der Waals surface area contributed by atoms with Crippen LogP contribution in [-0.2, 0) is 6.54 Å². The van der Waals surface area contributed by atoms with E-state index in [2.05, 4.69) is 38.1 Å². The Bertz CT molecular complexity index is 448. The van der Waals surface area contributed by atoms with Crippen LogP contribution in [0.2, 0.25) is 5.02 Å². The lowest BCUT2D eigenvalue weighted by molar-refractivity contribution is 0.359. The molecule has 0 amide bonds. The van der Waals surface area contributed by atoms with E-state index >= 15 is 0 Å². The average molecular weight is 258 g/mol. The highest BCUT2D eigenvalue weighted by atomic mass is 35.5. The van der Waals surface area contributed by atoms with Crippen molar-refractivity contribution in [3.05, 3.63) is 21.6 Å². The quantitative estimate of drug-likeness (QED) is 0.906. The Morgan fingerprint density at radius 3 is 2.59 bits per heavy atom. The van der Waals surface area contributed by atoms with Crippen molar-refractivity contribution in [3.63, 3.8) is 0 Å². The summed E-state index contributed by atoms with van der Waals surface area (Å²) in [5, 5.41) is 7.49. The van der Waals surface area contributed by atoms with Crippen molar-refractivity contribution in [2.24, 2.45) is 5.41 Å². The average Bonchev–Trinajstić information content (AvgIpc) is 2.23. The number of hydrogen-bond acceptors (Lipinski definition) is 3. The first-order chi connectivity index (χ1) is 7.77. The van der Waals surface area contributed by atoms with E-state index in [0.717, 1.165) is 0 Å². The summed E-state index contributed by atoms with van der Waals surface area (Å²) in [6.45, 7) is 10.8. The Hall–Kier alpha value is -1.03. The monoisotopic (exact) mass is 257 g/mol. The molecule has 0 spiro atoms. The fraction of sp³-hybridized carbons (Fsp3) is 0.667. The summed E-state index contributed by atoms with van der Waals surface area (Å²) < 4.78 is 1.34. The van der Waals surface area contributed by atoms with E-state index in [-0.39, 0.29) is 22.0 Å². The van der Waals surface area contributed by atoms with Crippen LogP contribution in [0.25, 0.3) is 0 Å². The van der Waals surface area contributed by atoms with Crippen LogP contribution in [0.3, 0.4) is 0 Å². The van der Waals surface area contributed by atoms with E-state index in [4.69, 9.17) is 11.6 Å². The third-order valence-corrected chi connectivity index (χ3v) is 3.32. The second-order valence-electron chi connectivity index (χ2n) is 5.23. The van der Waals surface area contributed by atoms with Crippen LogP contribution in [0.1, 0.15) is 34.6 Å². The molecule has 1 aromatic rings. The highest BCUT2D eigenvalue weighted by Crippen LogP contribution is 2.24. The Morgan fingerprint density at radius 2 is 2.12 bits per heavy atom. The topological polar surface area (TPSA) is 46.9 Å². The van der Waals surface area contributed by atoms with Crippen LogP contribution < -0.4 is 10.9 Å². The van der Waals surface area contributed by atoms with Gasteiger partial charge in [0, 0.05) is 12.6 Å². The van der Waals surface area contributed by atoms with E-state index in [1.54, 1.807) is 6.20 Å². The highest BCUT2D eigenvalue weighted by molar-refractivity contribution is 6.32. The number of halogens is 1. The highest BCUT2D eigenvalue weighted by Gasteiger charge is 2.21. The predicted molar refractivity (Wildman–Crippen MR) is 71.7 cm³/mol. The molecule has 0 fully saturated rings. The Morgan fingerprint density at radius 1 is 1.53 bits per heavy atom. The summed E-state index contributed by atoms with van der Waals surface area (Å²) in [5.41, 5.74) is 0.437. The number of hydrogen-bond donors (Lipinski definition) is 1. The SMILES string of the molecule is CCn1ncc(NC(C)C(C)(C)C)c(Cl)c1=O. The molecule has 0 aromatic carbocycles. The lowest BCUT2D eigenvalue weighted by Crippen LogP contribution is -2.32. The van der Waals surface area contributed by atoms with Gasteiger partial charge in [0.1, 0.15) is 5.02 Å². The molecule has 1 aromatic heterocycles. The van der Waals surface area contributed by atoms with Crippen molar-refractivity contribution in [2.45, 2.75) is 47.2 Å². The number of nitrogens with one attached hydrogen (secondary N) is 1. The molecule has 4 nitrogen and oxygen atoms in total. The van der Waals surface area contributed by atoms with Gasteiger partial charge in [-0.15, -0.1) is 0 Å². The second kappa shape index (κ2) is 5.08. The summed E-state index contributed by atoms with van der Waals surface area (Å²) in [6.07, 6.45) is 1.61. The molecule has 0 saturated carbocycles. The number of aromatic nitrogens is 2. The zero-order valence-corrected chi connectivity index (χ0v) is 11.8. The molecule has 0 aliphatic rings. The lowest BCUT2D eigenvalue weighted by atomic mass is 9.88. The summed E-state index contributed by atoms with van der Waals surface area (Å²) in [5.74, 6) is 0. The molecule has 96 valence electrons. The second-order valence-corrected chi connectivity index (χ2v) is 5.60. The minimum atomic E-state index is -0.250. The Labute approximate surface area is 107 Å². The summed E-state index contributed by atoms with van der Waals surface area (Å²) >= 11 is 6.04. The smallest absolute Gasteiger partial charge is 0.287 e. The Kier molecular flexibility index (Phi) is 4.20. The van der Waals surface area contributed by atoms with Crippen molar-refractivity contribution < 1.29 is 0 Å². The summed E-state index contributed by atoms with van der Waals surface area (Å²) in [4.78, 5) is 11.8. The van der Waals surface area contributed by atoms with E-state index in [9.17, 15) is 4.79 Å². The van der Waals surface area contributed by atoms with Crippen LogP contribution in [0.5, 0.6) is 0 Å². The van der Waals surface area contributed by atoms with Gasteiger partial charge in [-0.05, 0) is 19.3 Å². The molecular formula is C12H20ClN3O. The van der Waals surface area contributed by atoms with Crippen LogP contribution in [0.15, 0.2) is 11.0 Å². The number of rotatable bonds is 3. The van der Waals surface area contributed by atoms with E-state index in [1.165, 1.54) is 4.68 Å². The van der Waals surface area contributed by atoms with Crippen LogP contribution >= 0.6 is 11.6 Å². The zero-order valence-electron chi connectivity index (χ0n) is 11.0. The molecule has 0 radical (unpaired) electrons. The maximum atomic E-state index is 11.8. The summed E-state index contributed by atoms with van der Waals surface area (Å²) in [7, 11) is 0. The van der Waals surface area contributed by atoms with Crippen molar-refractivity contribution in [2.75, 3.05) is 5.32 Å². The largest absolute Gasteiger partial charge is 0.379 e. The lowest BCUT2D eigenvalue weighted by Gasteiger charge is -2.29. The Balaban J connectivity index is 3.02. The first-order valence-corrected chi connectivity index (χ1v) is 6.17. The fourth-order valence-corrected chi connectivity index (χ4v) is 1.44. The zero-order chi connectivity index (χ0) is 13.2. The van der Waals surface area contributed by atoms with Gasteiger partial charge < -0.3 is 5.32 Å². The third kappa shape index (κ3) is 3.22. The van der Waals surface area contributed by atoms with Gasteiger partial charge in [0.05, 0.1) is 11.9 Å². The van der Waals surface area contributed by atoms with Gasteiger partial charge in [0.25, 0.3) is 5.56 Å². The van der Waals surface area contributed by atoms with Gasteiger partial charge in [-0.1, -0.05) is 32.4 Å². The van der Waals surface area contributed by atoms with Crippen LogP contribution in [0.4, 0.5) is 5.69 Å². The maximum absolute atomic E-state index is 11.8. The van der Waals surface area contributed by atoms with Crippen molar-refractivity contribution >= 4 is 17.3 Å². The van der Waals surface area contributed by atoms with Crippen LogP contribution in [0, 0.1) is 5.41 Å². The van der Waals surface area contributed by atoms with Gasteiger partial charge in [-0.2, -0.15) is 5.10 Å². The number of nitrogens with zero attached hydrogens (tertiary/aromatic N) is 2. The predicted octanol–water partition coefficient (Wildman–Crippen LogP) is 2.76. The number of anilines is 1.